The van der Waals surface area contributed by atoms with Gasteiger partial charge in [0.15, 0.2) is 0 Å². The molecule has 2 rings (SSSR count). The maximum atomic E-state index is 4.20. The van der Waals surface area contributed by atoms with Gasteiger partial charge in [0, 0.05) is 39.3 Å². The minimum atomic E-state index is 0.557. The third-order valence-electron chi connectivity index (χ3n) is 3.55. The number of anilines is 2. The average molecular weight is 249 g/mol. The van der Waals surface area contributed by atoms with Crippen LogP contribution in [0.2, 0.25) is 0 Å². The van der Waals surface area contributed by atoms with Gasteiger partial charge in [-0.3, -0.25) is 9.88 Å². The Morgan fingerprint density at radius 3 is 2.83 bits per heavy atom. The predicted molar refractivity (Wildman–Crippen MR) is 76.2 cm³/mol. The third kappa shape index (κ3) is 3.34. The molecule has 1 aromatic heterocycles. The van der Waals surface area contributed by atoms with E-state index in [2.05, 4.69) is 45.6 Å². The van der Waals surface area contributed by atoms with Crippen molar-refractivity contribution in [2.45, 2.75) is 6.04 Å². The molecule has 1 aromatic rings. The summed E-state index contributed by atoms with van der Waals surface area (Å²) in [5.74, 6) is 0. The molecule has 1 aliphatic rings. The zero-order valence-electron chi connectivity index (χ0n) is 11.5. The summed E-state index contributed by atoms with van der Waals surface area (Å²) < 4.78 is 0. The lowest BCUT2D eigenvalue weighted by molar-refractivity contribution is 0.122. The lowest BCUT2D eigenvalue weighted by Gasteiger charge is -2.37. The Morgan fingerprint density at radius 2 is 2.06 bits per heavy atom. The second-order valence-electron chi connectivity index (χ2n) is 4.99. The summed E-state index contributed by atoms with van der Waals surface area (Å²) in [5, 5.41) is 6.57. The van der Waals surface area contributed by atoms with Crippen molar-refractivity contribution in [3.63, 3.8) is 0 Å². The quantitative estimate of drug-likeness (QED) is 0.825. The van der Waals surface area contributed by atoms with E-state index in [1.54, 1.807) is 0 Å². The van der Waals surface area contributed by atoms with Crippen LogP contribution >= 0.6 is 0 Å². The van der Waals surface area contributed by atoms with E-state index in [0.29, 0.717) is 6.04 Å². The van der Waals surface area contributed by atoms with Crippen molar-refractivity contribution in [3.8, 4) is 0 Å². The Labute approximate surface area is 109 Å². The molecule has 0 bridgehead atoms. The van der Waals surface area contributed by atoms with Crippen LogP contribution in [0, 0.1) is 0 Å². The highest BCUT2D eigenvalue weighted by atomic mass is 15.3. The molecule has 0 radical (unpaired) electrons. The van der Waals surface area contributed by atoms with Crippen LogP contribution in [0.5, 0.6) is 0 Å². The van der Waals surface area contributed by atoms with Crippen LogP contribution in [0.3, 0.4) is 0 Å². The third-order valence-corrected chi connectivity index (χ3v) is 3.55. The van der Waals surface area contributed by atoms with Gasteiger partial charge in [-0.1, -0.05) is 0 Å². The summed E-state index contributed by atoms with van der Waals surface area (Å²) in [6, 6.07) is 2.64. The van der Waals surface area contributed by atoms with Crippen LogP contribution in [0.15, 0.2) is 18.5 Å². The van der Waals surface area contributed by atoms with Crippen molar-refractivity contribution >= 4 is 11.4 Å². The highest BCUT2D eigenvalue weighted by molar-refractivity contribution is 5.53. The molecule has 0 aliphatic carbocycles. The molecular formula is C13H23N5. The Hall–Kier alpha value is -1.33. The zero-order valence-corrected chi connectivity index (χ0v) is 11.5. The molecule has 5 nitrogen and oxygen atoms in total. The van der Waals surface area contributed by atoms with Crippen LogP contribution in [0.1, 0.15) is 0 Å². The van der Waals surface area contributed by atoms with Crippen molar-refractivity contribution in [3.05, 3.63) is 18.5 Å². The molecule has 1 atom stereocenters. The second-order valence-corrected chi connectivity index (χ2v) is 4.99. The van der Waals surface area contributed by atoms with Crippen molar-refractivity contribution in [1.82, 2.24) is 14.8 Å². The number of aromatic nitrogens is 1. The predicted octanol–water partition coefficient (Wildman–Crippen LogP) is 0.781. The maximum Gasteiger partial charge on any atom is 0.0548 e. The topological polar surface area (TPSA) is 43.4 Å². The van der Waals surface area contributed by atoms with E-state index in [-0.39, 0.29) is 0 Å². The Bertz CT molecular complexity index is 381. The van der Waals surface area contributed by atoms with E-state index in [9.17, 15) is 0 Å². The Kier molecular flexibility index (Phi) is 4.38. The van der Waals surface area contributed by atoms with Gasteiger partial charge in [-0.25, -0.2) is 0 Å². The molecule has 2 N–H and O–H groups in total. The Balaban J connectivity index is 1.89. The van der Waals surface area contributed by atoms with Gasteiger partial charge < -0.3 is 15.5 Å². The largest absolute Gasteiger partial charge is 0.387 e. The van der Waals surface area contributed by atoms with E-state index < -0.39 is 0 Å². The lowest BCUT2D eigenvalue weighted by Crippen LogP contribution is -2.52. The van der Waals surface area contributed by atoms with Crippen LogP contribution in [-0.2, 0) is 0 Å². The van der Waals surface area contributed by atoms with Crippen molar-refractivity contribution in [2.24, 2.45) is 0 Å². The van der Waals surface area contributed by atoms with E-state index in [0.717, 1.165) is 37.6 Å². The molecule has 1 aliphatic heterocycles. The fourth-order valence-electron chi connectivity index (χ4n) is 2.23. The molecule has 1 fully saturated rings. The molecule has 0 spiro atoms. The van der Waals surface area contributed by atoms with Gasteiger partial charge in [-0.15, -0.1) is 0 Å². The van der Waals surface area contributed by atoms with Gasteiger partial charge in [-0.05, 0) is 20.2 Å². The Morgan fingerprint density at radius 1 is 1.28 bits per heavy atom. The summed E-state index contributed by atoms with van der Waals surface area (Å²) >= 11 is 0. The number of hydrogen-bond donors (Lipinski definition) is 2. The van der Waals surface area contributed by atoms with Gasteiger partial charge in [0.1, 0.15) is 0 Å². The van der Waals surface area contributed by atoms with Crippen LogP contribution < -0.4 is 10.6 Å². The van der Waals surface area contributed by atoms with Gasteiger partial charge in [0.2, 0.25) is 0 Å². The summed E-state index contributed by atoms with van der Waals surface area (Å²) in [5.41, 5.74) is 2.11. The molecule has 1 saturated heterocycles. The summed E-state index contributed by atoms with van der Waals surface area (Å²) in [7, 11) is 6.29. The molecule has 100 valence electrons. The monoisotopic (exact) mass is 249 g/mol. The number of piperazine rings is 1. The fraction of sp³-hybridized carbons (Fsp3) is 0.615. The van der Waals surface area contributed by atoms with Gasteiger partial charge in [0.05, 0.1) is 23.8 Å². The first-order valence-corrected chi connectivity index (χ1v) is 6.44. The van der Waals surface area contributed by atoms with Crippen LogP contribution in [0.4, 0.5) is 11.4 Å². The molecular weight excluding hydrogens is 226 g/mol. The van der Waals surface area contributed by atoms with E-state index in [4.69, 9.17) is 0 Å². The number of nitrogens with zero attached hydrogens (tertiary/aromatic N) is 3. The van der Waals surface area contributed by atoms with Crippen molar-refractivity contribution in [1.29, 1.82) is 0 Å². The molecule has 0 saturated carbocycles. The summed E-state index contributed by atoms with van der Waals surface area (Å²) in [6.45, 7) is 4.36. The van der Waals surface area contributed by atoms with E-state index in [1.807, 2.05) is 19.4 Å². The molecule has 5 heteroatoms. The minimum absolute atomic E-state index is 0.557. The molecule has 1 unspecified atom stereocenters. The highest BCUT2D eigenvalue weighted by Gasteiger charge is 2.21. The first-order chi connectivity index (χ1) is 8.69. The number of nitrogens with one attached hydrogen (secondary N) is 2. The second kappa shape index (κ2) is 6.02. The minimum Gasteiger partial charge on any atom is -0.387 e. The highest BCUT2D eigenvalue weighted by Crippen LogP contribution is 2.13. The number of rotatable bonds is 4. The smallest absolute Gasteiger partial charge is 0.0548 e. The van der Waals surface area contributed by atoms with Crippen LogP contribution in [0.25, 0.3) is 0 Å². The normalized spacial score (nSPS) is 21.8. The van der Waals surface area contributed by atoms with Crippen LogP contribution in [-0.4, -0.2) is 68.1 Å². The van der Waals surface area contributed by atoms with E-state index >= 15 is 0 Å². The molecule has 0 aromatic carbocycles. The lowest BCUT2D eigenvalue weighted by atomic mass is 10.2. The summed E-state index contributed by atoms with van der Waals surface area (Å²) in [4.78, 5) is 9.01. The van der Waals surface area contributed by atoms with Crippen molar-refractivity contribution < 1.29 is 0 Å². The van der Waals surface area contributed by atoms with Crippen molar-refractivity contribution in [2.75, 3.05) is 58.0 Å². The zero-order chi connectivity index (χ0) is 13.0. The molecule has 2 heterocycles. The number of hydrogen-bond acceptors (Lipinski definition) is 5. The van der Waals surface area contributed by atoms with Gasteiger partial charge >= 0.3 is 0 Å². The first kappa shape index (κ1) is 13.1. The van der Waals surface area contributed by atoms with Gasteiger partial charge in [-0.2, -0.15) is 0 Å². The SMILES string of the molecule is CNc1cncc(NCC2CN(C)CCN2C)c1. The first-order valence-electron chi connectivity index (χ1n) is 6.44. The van der Waals surface area contributed by atoms with E-state index in [1.165, 1.54) is 0 Å². The molecule has 18 heavy (non-hydrogen) atoms. The number of likely N-dealkylation sites (N-methyl/N-ethyl adjacent to an activating group) is 2. The molecule has 0 amide bonds. The standard InChI is InChI=1S/C13H23N5/c1-14-11-6-12(8-15-7-11)16-9-13-10-17(2)4-5-18(13)3/h6-8,13-14,16H,4-5,9-10H2,1-3H3. The van der Waals surface area contributed by atoms with Gasteiger partial charge in [0.25, 0.3) is 0 Å². The fourth-order valence-corrected chi connectivity index (χ4v) is 2.23. The maximum absolute atomic E-state index is 4.20. The average Bonchev–Trinajstić information content (AvgIpc) is 2.40. The summed E-state index contributed by atoms with van der Waals surface area (Å²) in [6.07, 6.45) is 3.69. The number of pyridine rings is 1.